The second-order valence-corrected chi connectivity index (χ2v) is 4.97. The number of nitro groups is 1. The Bertz CT molecular complexity index is 539. The van der Waals surface area contributed by atoms with Crippen molar-refractivity contribution in [1.82, 2.24) is 4.90 Å². The Morgan fingerprint density at radius 1 is 1.43 bits per heavy atom. The minimum Gasteiger partial charge on any atom is -0.383 e. The summed E-state index contributed by atoms with van der Waals surface area (Å²) in [4.78, 5) is 24.7. The number of methoxy groups -OCH3 is 1. The van der Waals surface area contributed by atoms with Crippen molar-refractivity contribution >= 4 is 17.3 Å². The van der Waals surface area contributed by atoms with E-state index in [9.17, 15) is 14.9 Å². The van der Waals surface area contributed by atoms with Crippen LogP contribution in [0.25, 0.3) is 0 Å². The Morgan fingerprint density at radius 3 is 2.62 bits per heavy atom. The van der Waals surface area contributed by atoms with Gasteiger partial charge in [0, 0.05) is 38.9 Å². The fraction of sp³-hybridized carbons (Fsp3) is 0.500. The van der Waals surface area contributed by atoms with E-state index >= 15 is 0 Å². The first-order valence-electron chi connectivity index (χ1n) is 6.85. The average Bonchev–Trinajstić information content (AvgIpc) is 2.53. The number of rotatable bonds is 4. The van der Waals surface area contributed by atoms with E-state index in [0.717, 1.165) is 12.8 Å². The van der Waals surface area contributed by atoms with Crippen LogP contribution < -0.4 is 5.32 Å². The Labute approximate surface area is 123 Å². The van der Waals surface area contributed by atoms with Crippen molar-refractivity contribution in [1.29, 1.82) is 0 Å². The lowest BCUT2D eigenvalue weighted by molar-refractivity contribution is -0.384. The van der Waals surface area contributed by atoms with Crippen molar-refractivity contribution < 1.29 is 14.5 Å². The lowest BCUT2D eigenvalue weighted by Gasteiger charge is -2.31. The fourth-order valence-electron chi connectivity index (χ4n) is 2.50. The van der Waals surface area contributed by atoms with Crippen LogP contribution in [0.3, 0.4) is 0 Å². The number of carbonyl (C=O) groups excluding carboxylic acids is 1. The van der Waals surface area contributed by atoms with E-state index in [1.165, 1.54) is 6.07 Å². The monoisotopic (exact) mass is 293 g/mol. The molecule has 7 nitrogen and oxygen atoms in total. The lowest BCUT2D eigenvalue weighted by atomic mass is 10.1. The SMILES string of the molecule is CNc1ccc(C(=O)N2CCC(OC)CC2)cc1[N+](=O)[O-]. The Hall–Kier alpha value is -2.15. The van der Waals surface area contributed by atoms with E-state index in [4.69, 9.17) is 4.74 Å². The van der Waals surface area contributed by atoms with Gasteiger partial charge in [-0.2, -0.15) is 0 Å². The third kappa shape index (κ3) is 3.30. The number of benzene rings is 1. The summed E-state index contributed by atoms with van der Waals surface area (Å²) in [6.45, 7) is 1.22. The highest BCUT2D eigenvalue weighted by Crippen LogP contribution is 2.26. The van der Waals surface area contributed by atoms with Crippen molar-refractivity contribution in [3.05, 3.63) is 33.9 Å². The van der Waals surface area contributed by atoms with Crippen molar-refractivity contribution in [3.63, 3.8) is 0 Å². The maximum atomic E-state index is 12.4. The number of amides is 1. The molecule has 1 amide bonds. The summed E-state index contributed by atoms with van der Waals surface area (Å²) in [6.07, 6.45) is 1.77. The highest BCUT2D eigenvalue weighted by atomic mass is 16.6. The van der Waals surface area contributed by atoms with Crippen LogP contribution in [0.15, 0.2) is 18.2 Å². The average molecular weight is 293 g/mol. The van der Waals surface area contributed by atoms with Crippen LogP contribution in [0.5, 0.6) is 0 Å². The molecule has 0 aromatic heterocycles. The summed E-state index contributed by atoms with van der Waals surface area (Å²) < 4.78 is 5.27. The molecule has 1 N–H and O–H groups in total. The predicted molar refractivity (Wildman–Crippen MR) is 78.6 cm³/mol. The Morgan fingerprint density at radius 2 is 2.10 bits per heavy atom. The van der Waals surface area contributed by atoms with Gasteiger partial charge in [-0.1, -0.05) is 0 Å². The second kappa shape index (κ2) is 6.53. The standard InChI is InChI=1S/C14H19N3O4/c1-15-12-4-3-10(9-13(12)17(19)20)14(18)16-7-5-11(21-2)6-8-16/h3-4,9,11,15H,5-8H2,1-2H3. The van der Waals surface area contributed by atoms with Gasteiger partial charge >= 0.3 is 0 Å². The first-order chi connectivity index (χ1) is 10.1. The molecule has 0 saturated carbocycles. The van der Waals surface area contributed by atoms with E-state index in [1.54, 1.807) is 31.2 Å². The van der Waals surface area contributed by atoms with Crippen LogP contribution in [0.1, 0.15) is 23.2 Å². The summed E-state index contributed by atoms with van der Waals surface area (Å²) in [7, 11) is 3.28. The molecule has 1 aromatic rings. The molecule has 0 radical (unpaired) electrons. The molecule has 0 atom stereocenters. The maximum absolute atomic E-state index is 12.4. The topological polar surface area (TPSA) is 84.7 Å². The number of carbonyl (C=O) groups is 1. The number of nitrogens with one attached hydrogen (secondary N) is 1. The summed E-state index contributed by atoms with van der Waals surface area (Å²) in [6, 6.07) is 4.51. The van der Waals surface area contributed by atoms with Gasteiger partial charge in [0.25, 0.3) is 11.6 Å². The Balaban J connectivity index is 2.16. The second-order valence-electron chi connectivity index (χ2n) is 4.97. The zero-order valence-corrected chi connectivity index (χ0v) is 12.2. The van der Waals surface area contributed by atoms with Crippen molar-refractivity contribution in [2.24, 2.45) is 0 Å². The predicted octanol–water partition coefficient (Wildman–Crippen LogP) is 1.89. The zero-order valence-electron chi connectivity index (χ0n) is 12.2. The van der Waals surface area contributed by atoms with Crippen LogP contribution in [-0.2, 0) is 4.74 Å². The van der Waals surface area contributed by atoms with E-state index < -0.39 is 4.92 Å². The molecule has 21 heavy (non-hydrogen) atoms. The van der Waals surface area contributed by atoms with Crippen molar-refractivity contribution in [2.45, 2.75) is 18.9 Å². The number of nitrogens with zero attached hydrogens (tertiary/aromatic N) is 2. The minimum absolute atomic E-state index is 0.0878. The molecule has 1 aromatic carbocycles. The van der Waals surface area contributed by atoms with Crippen LogP contribution >= 0.6 is 0 Å². The molecule has 1 saturated heterocycles. The van der Waals surface area contributed by atoms with Gasteiger partial charge in [-0.15, -0.1) is 0 Å². The van der Waals surface area contributed by atoms with Crippen LogP contribution in [-0.4, -0.2) is 49.1 Å². The summed E-state index contributed by atoms with van der Waals surface area (Å²) in [5.74, 6) is -0.171. The zero-order chi connectivity index (χ0) is 15.4. The third-order valence-corrected chi connectivity index (χ3v) is 3.77. The smallest absolute Gasteiger partial charge is 0.293 e. The van der Waals surface area contributed by atoms with Crippen LogP contribution in [0.4, 0.5) is 11.4 Å². The molecule has 0 spiro atoms. The van der Waals surface area contributed by atoms with Gasteiger partial charge < -0.3 is 15.0 Å². The fourth-order valence-corrected chi connectivity index (χ4v) is 2.50. The van der Waals surface area contributed by atoms with Gasteiger partial charge in [-0.25, -0.2) is 0 Å². The van der Waals surface area contributed by atoms with E-state index in [1.807, 2.05) is 0 Å². The summed E-state index contributed by atoms with van der Waals surface area (Å²) in [5, 5.41) is 13.8. The van der Waals surface area contributed by atoms with E-state index in [-0.39, 0.29) is 17.7 Å². The number of piperidine rings is 1. The van der Waals surface area contributed by atoms with Crippen LogP contribution in [0.2, 0.25) is 0 Å². The van der Waals surface area contributed by atoms with Gasteiger partial charge in [-0.05, 0) is 25.0 Å². The van der Waals surface area contributed by atoms with Crippen molar-refractivity contribution in [2.75, 3.05) is 32.6 Å². The number of nitro benzene ring substituents is 1. The number of ether oxygens (including phenoxy) is 1. The van der Waals surface area contributed by atoms with Gasteiger partial charge in [0.15, 0.2) is 0 Å². The highest BCUT2D eigenvalue weighted by molar-refractivity contribution is 5.95. The minimum atomic E-state index is -0.486. The lowest BCUT2D eigenvalue weighted by Crippen LogP contribution is -2.40. The first kappa shape index (κ1) is 15.2. The molecule has 0 aliphatic carbocycles. The summed E-state index contributed by atoms with van der Waals surface area (Å²) in [5.41, 5.74) is 0.654. The van der Waals surface area contributed by atoms with Gasteiger partial charge in [-0.3, -0.25) is 14.9 Å². The molecule has 1 heterocycles. The van der Waals surface area contributed by atoms with Crippen LogP contribution in [0, 0.1) is 10.1 Å². The van der Waals surface area contributed by atoms with Gasteiger partial charge in [0.2, 0.25) is 0 Å². The molecule has 1 fully saturated rings. The largest absolute Gasteiger partial charge is 0.383 e. The third-order valence-electron chi connectivity index (χ3n) is 3.77. The Kier molecular flexibility index (Phi) is 4.74. The molecule has 7 heteroatoms. The molecule has 2 rings (SSSR count). The van der Waals surface area contributed by atoms with E-state index in [2.05, 4.69) is 5.32 Å². The molecular weight excluding hydrogens is 274 g/mol. The molecular formula is C14H19N3O4. The summed E-state index contributed by atoms with van der Waals surface area (Å²) >= 11 is 0. The molecule has 1 aliphatic rings. The molecule has 114 valence electrons. The highest BCUT2D eigenvalue weighted by Gasteiger charge is 2.25. The quantitative estimate of drug-likeness (QED) is 0.677. The molecule has 0 bridgehead atoms. The van der Waals surface area contributed by atoms with Gasteiger partial charge in [0.05, 0.1) is 11.0 Å². The molecule has 0 unspecified atom stereocenters. The number of hydrogen-bond donors (Lipinski definition) is 1. The molecule has 1 aliphatic heterocycles. The van der Waals surface area contributed by atoms with Crippen molar-refractivity contribution in [3.8, 4) is 0 Å². The van der Waals surface area contributed by atoms with E-state index in [0.29, 0.717) is 24.3 Å². The van der Waals surface area contributed by atoms with Gasteiger partial charge in [0.1, 0.15) is 5.69 Å². The number of likely N-dealkylation sites (tertiary alicyclic amines) is 1. The maximum Gasteiger partial charge on any atom is 0.293 e. The number of hydrogen-bond acceptors (Lipinski definition) is 5. The first-order valence-corrected chi connectivity index (χ1v) is 6.85. The number of anilines is 1. The normalized spacial score (nSPS) is 15.8.